The van der Waals surface area contributed by atoms with Crippen LogP contribution in [-0.4, -0.2) is 41.4 Å². The Labute approximate surface area is 85.5 Å². The van der Waals surface area contributed by atoms with E-state index in [1.54, 1.807) is 0 Å². The van der Waals surface area contributed by atoms with Gasteiger partial charge in [-0.3, -0.25) is 0 Å². The molecule has 0 saturated carbocycles. The second-order valence-corrected chi connectivity index (χ2v) is 3.33. The van der Waals surface area contributed by atoms with Crippen LogP contribution in [0, 0.1) is 0 Å². The molecule has 0 aliphatic heterocycles. The van der Waals surface area contributed by atoms with Crippen molar-refractivity contribution in [2.45, 2.75) is 44.8 Å². The van der Waals surface area contributed by atoms with E-state index in [9.17, 15) is 5.11 Å². The number of aliphatic hydroxyl groups excluding tert-OH is 3. The summed E-state index contributed by atoms with van der Waals surface area (Å²) in [6.45, 7) is 0.933. The molecule has 3 N–H and O–H groups in total. The monoisotopic (exact) mass is 206 g/mol. The van der Waals surface area contributed by atoms with Gasteiger partial charge in [-0.15, -0.1) is 0 Å². The summed E-state index contributed by atoms with van der Waals surface area (Å²) in [4.78, 5) is 0. The second kappa shape index (κ2) is 10.9. The van der Waals surface area contributed by atoms with Gasteiger partial charge in [0.05, 0.1) is 0 Å². The molecular formula is C10H22O4. The molecular weight excluding hydrogens is 184 g/mol. The standard InChI is InChI=1S/C10H22O4/c11-7-3-1-5-9-14-10(13)6-2-4-8-12/h10-13H,1-9H2. The van der Waals surface area contributed by atoms with Crippen LogP contribution >= 0.6 is 0 Å². The molecule has 1 unspecified atom stereocenters. The predicted molar refractivity (Wildman–Crippen MR) is 53.8 cm³/mol. The number of ether oxygens (including phenoxy) is 1. The van der Waals surface area contributed by atoms with E-state index in [0.29, 0.717) is 19.4 Å². The molecule has 0 heterocycles. The van der Waals surface area contributed by atoms with Gasteiger partial charge in [0.25, 0.3) is 0 Å². The van der Waals surface area contributed by atoms with Crippen molar-refractivity contribution in [2.24, 2.45) is 0 Å². The lowest BCUT2D eigenvalue weighted by Crippen LogP contribution is -2.12. The van der Waals surface area contributed by atoms with Gasteiger partial charge in [-0.25, -0.2) is 0 Å². The SMILES string of the molecule is OCCCCCOC(O)CCCCO. The topological polar surface area (TPSA) is 69.9 Å². The zero-order valence-corrected chi connectivity index (χ0v) is 8.69. The van der Waals surface area contributed by atoms with E-state index >= 15 is 0 Å². The smallest absolute Gasteiger partial charge is 0.154 e. The summed E-state index contributed by atoms with van der Waals surface area (Å²) in [5.41, 5.74) is 0. The lowest BCUT2D eigenvalue weighted by Gasteiger charge is -2.11. The molecule has 1 atom stereocenters. The minimum Gasteiger partial charge on any atom is -0.396 e. The third-order valence-electron chi connectivity index (χ3n) is 1.97. The number of hydrogen-bond donors (Lipinski definition) is 3. The van der Waals surface area contributed by atoms with Crippen molar-refractivity contribution in [3.8, 4) is 0 Å². The Morgan fingerprint density at radius 3 is 2.14 bits per heavy atom. The summed E-state index contributed by atoms with van der Waals surface area (Å²) in [6, 6.07) is 0. The molecule has 0 spiro atoms. The van der Waals surface area contributed by atoms with Crippen molar-refractivity contribution in [1.82, 2.24) is 0 Å². The van der Waals surface area contributed by atoms with Crippen molar-refractivity contribution in [2.75, 3.05) is 19.8 Å². The number of aliphatic hydroxyl groups is 3. The highest BCUT2D eigenvalue weighted by Crippen LogP contribution is 2.03. The Morgan fingerprint density at radius 1 is 0.857 bits per heavy atom. The number of hydrogen-bond acceptors (Lipinski definition) is 4. The van der Waals surface area contributed by atoms with Gasteiger partial charge >= 0.3 is 0 Å². The van der Waals surface area contributed by atoms with E-state index in [0.717, 1.165) is 25.7 Å². The first-order valence-electron chi connectivity index (χ1n) is 5.32. The molecule has 0 fully saturated rings. The quantitative estimate of drug-likeness (QED) is 0.362. The maximum Gasteiger partial charge on any atom is 0.154 e. The van der Waals surface area contributed by atoms with Crippen LogP contribution in [-0.2, 0) is 4.74 Å². The Bertz CT molecular complexity index is 108. The molecule has 0 aliphatic rings. The Morgan fingerprint density at radius 2 is 1.50 bits per heavy atom. The minimum atomic E-state index is -0.698. The van der Waals surface area contributed by atoms with Gasteiger partial charge in [0.1, 0.15) is 0 Å². The van der Waals surface area contributed by atoms with E-state index in [-0.39, 0.29) is 13.2 Å². The third kappa shape index (κ3) is 9.92. The largest absolute Gasteiger partial charge is 0.396 e. The fraction of sp³-hybridized carbons (Fsp3) is 1.00. The molecule has 0 aromatic rings. The Hall–Kier alpha value is -0.160. The van der Waals surface area contributed by atoms with Crippen molar-refractivity contribution in [1.29, 1.82) is 0 Å². The van der Waals surface area contributed by atoms with Gasteiger partial charge in [-0.05, 0) is 38.5 Å². The van der Waals surface area contributed by atoms with Crippen molar-refractivity contribution in [3.05, 3.63) is 0 Å². The maximum atomic E-state index is 9.28. The van der Waals surface area contributed by atoms with Crippen molar-refractivity contribution >= 4 is 0 Å². The summed E-state index contributed by atoms with van der Waals surface area (Å²) in [7, 11) is 0. The Kier molecular flexibility index (Phi) is 10.8. The molecule has 0 aliphatic carbocycles. The summed E-state index contributed by atoms with van der Waals surface area (Å²) in [6.07, 6.45) is 3.98. The first kappa shape index (κ1) is 13.8. The van der Waals surface area contributed by atoms with E-state index in [2.05, 4.69) is 0 Å². The molecule has 0 radical (unpaired) electrons. The molecule has 86 valence electrons. The first-order valence-corrected chi connectivity index (χ1v) is 5.32. The Balaban J connectivity index is 3.06. The molecule has 0 aromatic carbocycles. The molecule has 4 nitrogen and oxygen atoms in total. The lowest BCUT2D eigenvalue weighted by atomic mass is 10.2. The summed E-state index contributed by atoms with van der Waals surface area (Å²) in [5.74, 6) is 0. The van der Waals surface area contributed by atoms with E-state index in [1.165, 1.54) is 0 Å². The van der Waals surface area contributed by atoms with E-state index in [1.807, 2.05) is 0 Å². The number of unbranched alkanes of at least 4 members (excludes halogenated alkanes) is 3. The zero-order valence-electron chi connectivity index (χ0n) is 8.69. The van der Waals surface area contributed by atoms with Gasteiger partial charge in [0, 0.05) is 19.8 Å². The fourth-order valence-corrected chi connectivity index (χ4v) is 1.12. The third-order valence-corrected chi connectivity index (χ3v) is 1.97. The average molecular weight is 206 g/mol. The van der Waals surface area contributed by atoms with E-state index in [4.69, 9.17) is 14.9 Å². The minimum absolute atomic E-state index is 0.170. The summed E-state index contributed by atoms with van der Waals surface area (Å²) >= 11 is 0. The van der Waals surface area contributed by atoms with Crippen LogP contribution in [0.2, 0.25) is 0 Å². The van der Waals surface area contributed by atoms with Crippen LogP contribution < -0.4 is 0 Å². The molecule has 0 amide bonds. The van der Waals surface area contributed by atoms with E-state index < -0.39 is 6.29 Å². The van der Waals surface area contributed by atoms with Crippen LogP contribution in [0.5, 0.6) is 0 Å². The van der Waals surface area contributed by atoms with Gasteiger partial charge in [-0.1, -0.05) is 0 Å². The predicted octanol–water partition coefficient (Wildman–Crippen LogP) is 0.647. The van der Waals surface area contributed by atoms with Gasteiger partial charge in [0.15, 0.2) is 6.29 Å². The van der Waals surface area contributed by atoms with Gasteiger partial charge in [-0.2, -0.15) is 0 Å². The molecule has 0 rings (SSSR count). The van der Waals surface area contributed by atoms with Crippen molar-refractivity contribution in [3.63, 3.8) is 0 Å². The highest BCUT2D eigenvalue weighted by Gasteiger charge is 2.02. The number of rotatable bonds is 10. The lowest BCUT2D eigenvalue weighted by molar-refractivity contribution is -0.105. The molecule has 14 heavy (non-hydrogen) atoms. The van der Waals surface area contributed by atoms with Crippen LogP contribution in [0.25, 0.3) is 0 Å². The highest BCUT2D eigenvalue weighted by molar-refractivity contribution is 4.45. The molecule has 4 heteroatoms. The van der Waals surface area contributed by atoms with Crippen LogP contribution in [0.1, 0.15) is 38.5 Å². The summed E-state index contributed by atoms with van der Waals surface area (Å²) in [5, 5.41) is 26.3. The first-order chi connectivity index (χ1) is 6.81. The molecule has 0 bridgehead atoms. The molecule has 0 aromatic heterocycles. The van der Waals surface area contributed by atoms with Crippen LogP contribution in [0.3, 0.4) is 0 Å². The average Bonchev–Trinajstić information content (AvgIpc) is 2.18. The fourth-order valence-electron chi connectivity index (χ4n) is 1.12. The molecule has 0 saturated heterocycles. The van der Waals surface area contributed by atoms with Crippen LogP contribution in [0.15, 0.2) is 0 Å². The summed E-state index contributed by atoms with van der Waals surface area (Å²) < 4.78 is 5.13. The van der Waals surface area contributed by atoms with Gasteiger partial charge < -0.3 is 20.1 Å². The maximum absolute atomic E-state index is 9.28. The highest BCUT2D eigenvalue weighted by atomic mass is 16.6. The van der Waals surface area contributed by atoms with Gasteiger partial charge in [0.2, 0.25) is 0 Å². The van der Waals surface area contributed by atoms with Crippen molar-refractivity contribution < 1.29 is 20.1 Å². The second-order valence-electron chi connectivity index (χ2n) is 3.33. The normalized spacial score (nSPS) is 13.1. The zero-order chi connectivity index (χ0) is 10.6. The van der Waals surface area contributed by atoms with Crippen LogP contribution in [0.4, 0.5) is 0 Å².